The lowest BCUT2D eigenvalue weighted by molar-refractivity contribution is 0.161. The molecular formula is C14H23N3O3S. The first-order valence-electron chi connectivity index (χ1n) is 7.26. The number of rotatable bonds is 6. The lowest BCUT2D eigenvalue weighted by Crippen LogP contribution is -2.47. The van der Waals surface area contributed by atoms with Crippen molar-refractivity contribution < 1.29 is 13.5 Å². The van der Waals surface area contributed by atoms with Crippen LogP contribution in [0.3, 0.4) is 0 Å². The normalized spacial score (nSPS) is 20.8. The molecule has 0 bridgehead atoms. The number of hydrogen-bond donors (Lipinski definition) is 1. The summed E-state index contributed by atoms with van der Waals surface area (Å²) in [4.78, 5) is 4.20. The summed E-state index contributed by atoms with van der Waals surface area (Å²) in [6.45, 7) is 1.39. The Labute approximate surface area is 126 Å². The van der Waals surface area contributed by atoms with Crippen molar-refractivity contribution in [2.45, 2.75) is 19.3 Å². The fourth-order valence-electron chi connectivity index (χ4n) is 2.52. The van der Waals surface area contributed by atoms with Crippen LogP contribution in [0.2, 0.25) is 0 Å². The quantitative estimate of drug-likeness (QED) is 0.830. The van der Waals surface area contributed by atoms with Crippen molar-refractivity contribution in [2.75, 3.05) is 33.3 Å². The van der Waals surface area contributed by atoms with Gasteiger partial charge in [0.05, 0.1) is 0 Å². The molecule has 1 fully saturated rings. The van der Waals surface area contributed by atoms with E-state index in [2.05, 4.69) is 4.98 Å². The van der Waals surface area contributed by atoms with Crippen LogP contribution in [0.15, 0.2) is 24.4 Å². The highest BCUT2D eigenvalue weighted by Crippen LogP contribution is 2.20. The molecule has 0 saturated carbocycles. The molecular weight excluding hydrogens is 290 g/mol. The molecule has 0 radical (unpaired) electrons. The summed E-state index contributed by atoms with van der Waals surface area (Å²) in [6.07, 6.45) is 3.99. The minimum Gasteiger partial charge on any atom is -0.396 e. The van der Waals surface area contributed by atoms with Gasteiger partial charge in [-0.15, -0.1) is 0 Å². The molecule has 0 aromatic carbocycles. The van der Waals surface area contributed by atoms with Crippen LogP contribution < -0.4 is 0 Å². The van der Waals surface area contributed by atoms with Crippen LogP contribution in [0, 0.1) is 5.92 Å². The minimum absolute atomic E-state index is 0.0453. The van der Waals surface area contributed by atoms with E-state index < -0.39 is 10.2 Å². The second-order valence-corrected chi connectivity index (χ2v) is 7.48. The zero-order valence-electron chi connectivity index (χ0n) is 12.4. The summed E-state index contributed by atoms with van der Waals surface area (Å²) in [7, 11) is -1.85. The van der Waals surface area contributed by atoms with Crippen LogP contribution in [-0.4, -0.2) is 60.4 Å². The first-order chi connectivity index (χ1) is 10.0. The molecule has 21 heavy (non-hydrogen) atoms. The zero-order chi connectivity index (χ0) is 15.3. The van der Waals surface area contributed by atoms with E-state index in [9.17, 15) is 13.5 Å². The topological polar surface area (TPSA) is 73.7 Å². The van der Waals surface area contributed by atoms with Crippen molar-refractivity contribution in [3.05, 3.63) is 30.1 Å². The Hall–Kier alpha value is -1.02. The van der Waals surface area contributed by atoms with E-state index >= 15 is 0 Å². The maximum absolute atomic E-state index is 12.5. The molecule has 1 saturated heterocycles. The smallest absolute Gasteiger partial charge is 0.281 e. The number of piperidine rings is 1. The monoisotopic (exact) mass is 313 g/mol. The Kier molecular flexibility index (Phi) is 5.69. The maximum Gasteiger partial charge on any atom is 0.281 e. The molecule has 2 heterocycles. The minimum atomic E-state index is -3.45. The van der Waals surface area contributed by atoms with Crippen LogP contribution >= 0.6 is 0 Å². The number of pyridine rings is 1. The third kappa shape index (κ3) is 4.23. The molecule has 1 unspecified atom stereocenters. The van der Waals surface area contributed by atoms with Crippen LogP contribution in [0.5, 0.6) is 0 Å². The van der Waals surface area contributed by atoms with Crippen LogP contribution in [0.1, 0.15) is 18.5 Å². The molecule has 0 amide bonds. The average Bonchev–Trinajstić information content (AvgIpc) is 2.53. The van der Waals surface area contributed by atoms with Crippen molar-refractivity contribution in [2.24, 2.45) is 5.92 Å². The highest BCUT2D eigenvalue weighted by molar-refractivity contribution is 7.86. The van der Waals surface area contributed by atoms with Crippen LogP contribution in [-0.2, 0) is 16.6 Å². The fourth-order valence-corrected chi connectivity index (χ4v) is 3.99. The molecule has 1 N–H and O–H groups in total. The maximum atomic E-state index is 12.5. The Morgan fingerprint density at radius 3 is 2.95 bits per heavy atom. The molecule has 0 spiro atoms. The number of aliphatic hydroxyl groups excluding tert-OH is 1. The van der Waals surface area contributed by atoms with Gasteiger partial charge in [0.1, 0.15) is 0 Å². The van der Waals surface area contributed by atoms with Gasteiger partial charge < -0.3 is 5.11 Å². The van der Waals surface area contributed by atoms with E-state index in [1.165, 1.54) is 8.61 Å². The Bertz CT molecular complexity index is 536. The largest absolute Gasteiger partial charge is 0.396 e. The molecule has 0 aliphatic carbocycles. The van der Waals surface area contributed by atoms with Crippen molar-refractivity contribution in [1.82, 2.24) is 13.6 Å². The van der Waals surface area contributed by atoms with Gasteiger partial charge in [0.15, 0.2) is 0 Å². The van der Waals surface area contributed by atoms with E-state index in [1.807, 2.05) is 18.2 Å². The molecule has 1 aliphatic rings. The number of hydrogen-bond acceptors (Lipinski definition) is 4. The van der Waals surface area contributed by atoms with Gasteiger partial charge in [-0.2, -0.15) is 17.0 Å². The van der Waals surface area contributed by atoms with E-state index in [1.54, 1.807) is 13.2 Å². The predicted octanol–water partition coefficient (Wildman–Crippen LogP) is 0.505. The van der Waals surface area contributed by atoms with Gasteiger partial charge in [-0.3, -0.25) is 4.98 Å². The summed E-state index contributed by atoms with van der Waals surface area (Å²) in [5.41, 5.74) is 0.881. The third-order valence-corrected chi connectivity index (χ3v) is 5.82. The SMILES string of the molecule is CN(CCc1ccccn1)S(=O)(=O)N1CCCC(CO)C1. The molecule has 1 atom stereocenters. The second kappa shape index (κ2) is 7.31. The van der Waals surface area contributed by atoms with Crippen molar-refractivity contribution in [3.63, 3.8) is 0 Å². The van der Waals surface area contributed by atoms with Crippen molar-refractivity contribution in [1.29, 1.82) is 0 Å². The standard InChI is InChI=1S/C14H23N3O3S/c1-16(10-7-14-6-2-3-8-15-14)21(19,20)17-9-4-5-13(11-17)12-18/h2-3,6,8,13,18H,4-5,7,9-12H2,1H3. The van der Waals surface area contributed by atoms with E-state index in [4.69, 9.17) is 0 Å². The fraction of sp³-hybridized carbons (Fsp3) is 0.643. The number of aliphatic hydroxyl groups is 1. The first-order valence-corrected chi connectivity index (χ1v) is 8.66. The van der Waals surface area contributed by atoms with Gasteiger partial charge in [-0.25, -0.2) is 0 Å². The highest BCUT2D eigenvalue weighted by atomic mass is 32.2. The zero-order valence-corrected chi connectivity index (χ0v) is 13.2. The lowest BCUT2D eigenvalue weighted by Gasteiger charge is -2.33. The average molecular weight is 313 g/mol. The van der Waals surface area contributed by atoms with E-state index in [0.717, 1.165) is 18.5 Å². The van der Waals surface area contributed by atoms with Gasteiger partial charge in [-0.1, -0.05) is 6.07 Å². The summed E-state index contributed by atoms with van der Waals surface area (Å²) in [5, 5.41) is 9.22. The highest BCUT2D eigenvalue weighted by Gasteiger charge is 2.31. The van der Waals surface area contributed by atoms with Gasteiger partial charge in [0, 0.05) is 51.6 Å². The van der Waals surface area contributed by atoms with Crippen molar-refractivity contribution in [3.8, 4) is 0 Å². The number of nitrogens with zero attached hydrogens (tertiary/aromatic N) is 3. The Balaban J connectivity index is 1.95. The summed E-state index contributed by atoms with van der Waals surface area (Å²) < 4.78 is 27.9. The summed E-state index contributed by atoms with van der Waals surface area (Å²) >= 11 is 0. The van der Waals surface area contributed by atoms with Crippen LogP contribution in [0.4, 0.5) is 0 Å². The molecule has 1 aromatic rings. The van der Waals surface area contributed by atoms with Gasteiger partial charge >= 0.3 is 0 Å². The van der Waals surface area contributed by atoms with E-state index in [-0.39, 0.29) is 12.5 Å². The second-order valence-electron chi connectivity index (χ2n) is 5.45. The lowest BCUT2D eigenvalue weighted by atomic mass is 10.0. The molecule has 7 heteroatoms. The molecule has 1 aromatic heterocycles. The first kappa shape index (κ1) is 16.4. The number of aromatic nitrogens is 1. The third-order valence-electron chi connectivity index (χ3n) is 3.87. The van der Waals surface area contributed by atoms with Crippen LogP contribution in [0.25, 0.3) is 0 Å². The van der Waals surface area contributed by atoms with Gasteiger partial charge in [0.25, 0.3) is 10.2 Å². The van der Waals surface area contributed by atoms with Gasteiger partial charge in [0.2, 0.25) is 0 Å². The predicted molar refractivity (Wildman–Crippen MR) is 80.9 cm³/mol. The summed E-state index contributed by atoms with van der Waals surface area (Å²) in [6, 6.07) is 5.63. The van der Waals surface area contributed by atoms with Crippen molar-refractivity contribution >= 4 is 10.2 Å². The molecule has 6 nitrogen and oxygen atoms in total. The molecule has 1 aliphatic heterocycles. The number of likely N-dealkylation sites (N-methyl/N-ethyl adjacent to an activating group) is 1. The molecule has 118 valence electrons. The molecule has 2 rings (SSSR count). The Morgan fingerprint density at radius 2 is 2.29 bits per heavy atom. The van der Waals surface area contributed by atoms with Gasteiger partial charge in [-0.05, 0) is 30.9 Å². The Morgan fingerprint density at radius 1 is 1.48 bits per heavy atom. The summed E-state index contributed by atoms with van der Waals surface area (Å²) in [5.74, 6) is 0.0534. The van der Waals surface area contributed by atoms with E-state index in [0.29, 0.717) is 26.1 Å².